The Bertz CT molecular complexity index is 403. The number of hydrogen-bond acceptors (Lipinski definition) is 4. The van der Waals surface area contributed by atoms with E-state index in [1.165, 1.54) is 11.1 Å². The average Bonchev–Trinajstić information content (AvgIpc) is 2.44. The summed E-state index contributed by atoms with van der Waals surface area (Å²) >= 11 is 0. The zero-order chi connectivity index (χ0) is 13.7. The monoisotopic (exact) mass is 264 g/mol. The third kappa shape index (κ3) is 3.93. The minimum atomic E-state index is 0.269. The molecule has 1 saturated heterocycles. The molecule has 0 radical (unpaired) electrons. The van der Waals surface area contributed by atoms with E-state index >= 15 is 0 Å². The highest BCUT2D eigenvalue weighted by Crippen LogP contribution is 2.17. The lowest BCUT2D eigenvalue weighted by Gasteiger charge is -2.33. The maximum atomic E-state index is 5.89. The number of aryl methyl sites for hydroxylation is 2. The number of morpholine rings is 1. The van der Waals surface area contributed by atoms with Crippen LogP contribution in [-0.4, -0.2) is 50.4 Å². The molecule has 4 heteroatoms. The lowest BCUT2D eigenvalue weighted by Crippen LogP contribution is -2.49. The Morgan fingerprint density at radius 2 is 2.00 bits per heavy atom. The van der Waals surface area contributed by atoms with Gasteiger partial charge in [-0.2, -0.15) is 0 Å². The maximum absolute atomic E-state index is 5.89. The molecule has 1 unspecified atom stereocenters. The summed E-state index contributed by atoms with van der Waals surface area (Å²) in [5.74, 6) is 0.926. The Morgan fingerprint density at radius 3 is 2.63 bits per heavy atom. The fourth-order valence-electron chi connectivity index (χ4n) is 2.26. The largest absolute Gasteiger partial charge is 0.492 e. The molecule has 19 heavy (non-hydrogen) atoms. The molecule has 0 saturated carbocycles. The average molecular weight is 264 g/mol. The van der Waals surface area contributed by atoms with Crippen LogP contribution in [0.25, 0.3) is 0 Å². The SMILES string of the molecule is Cc1ccc(OCC(CN)N2CCOCC2)cc1C. The molecule has 106 valence electrons. The molecule has 1 atom stereocenters. The van der Waals surface area contributed by atoms with Crippen LogP contribution in [0.1, 0.15) is 11.1 Å². The molecule has 0 bridgehead atoms. The van der Waals surface area contributed by atoms with Gasteiger partial charge >= 0.3 is 0 Å². The van der Waals surface area contributed by atoms with E-state index in [0.717, 1.165) is 32.1 Å². The Labute approximate surface area is 115 Å². The Morgan fingerprint density at radius 1 is 1.26 bits per heavy atom. The highest BCUT2D eigenvalue weighted by atomic mass is 16.5. The van der Waals surface area contributed by atoms with Crippen LogP contribution in [0.15, 0.2) is 18.2 Å². The van der Waals surface area contributed by atoms with Gasteiger partial charge in [0.05, 0.1) is 19.3 Å². The van der Waals surface area contributed by atoms with Crippen LogP contribution in [0.5, 0.6) is 5.75 Å². The van der Waals surface area contributed by atoms with Crippen molar-refractivity contribution in [3.63, 3.8) is 0 Å². The number of benzene rings is 1. The molecule has 1 aromatic rings. The summed E-state index contributed by atoms with van der Waals surface area (Å²) in [6.07, 6.45) is 0. The van der Waals surface area contributed by atoms with Crippen LogP contribution >= 0.6 is 0 Å². The van der Waals surface area contributed by atoms with Crippen LogP contribution in [0.4, 0.5) is 0 Å². The summed E-state index contributed by atoms with van der Waals surface area (Å²) in [4.78, 5) is 2.35. The van der Waals surface area contributed by atoms with Gasteiger partial charge in [0.1, 0.15) is 12.4 Å². The second-order valence-corrected chi connectivity index (χ2v) is 5.09. The van der Waals surface area contributed by atoms with Crippen molar-refractivity contribution in [3.8, 4) is 5.75 Å². The van der Waals surface area contributed by atoms with E-state index in [9.17, 15) is 0 Å². The Kier molecular flexibility index (Phi) is 5.19. The molecule has 1 aliphatic heterocycles. The van der Waals surface area contributed by atoms with E-state index in [4.69, 9.17) is 15.2 Å². The van der Waals surface area contributed by atoms with Crippen molar-refractivity contribution in [1.29, 1.82) is 0 Å². The van der Waals surface area contributed by atoms with Crippen LogP contribution < -0.4 is 10.5 Å². The molecule has 0 spiro atoms. The fraction of sp³-hybridized carbons (Fsp3) is 0.600. The third-order valence-corrected chi connectivity index (χ3v) is 3.75. The molecule has 0 aromatic heterocycles. The van der Waals surface area contributed by atoms with Crippen molar-refractivity contribution in [2.75, 3.05) is 39.5 Å². The topological polar surface area (TPSA) is 47.7 Å². The van der Waals surface area contributed by atoms with E-state index in [2.05, 4.69) is 30.9 Å². The number of nitrogens with zero attached hydrogens (tertiary/aromatic N) is 1. The second kappa shape index (κ2) is 6.89. The zero-order valence-corrected chi connectivity index (χ0v) is 11.9. The van der Waals surface area contributed by atoms with Crippen molar-refractivity contribution in [3.05, 3.63) is 29.3 Å². The molecule has 0 amide bonds. The molecule has 1 aromatic carbocycles. The van der Waals surface area contributed by atoms with Crippen LogP contribution in [0, 0.1) is 13.8 Å². The van der Waals surface area contributed by atoms with Gasteiger partial charge in [0, 0.05) is 19.6 Å². The van der Waals surface area contributed by atoms with Gasteiger partial charge in [-0.05, 0) is 37.1 Å². The van der Waals surface area contributed by atoms with Gasteiger partial charge in [0.25, 0.3) is 0 Å². The molecule has 2 rings (SSSR count). The van der Waals surface area contributed by atoms with Gasteiger partial charge in [-0.25, -0.2) is 0 Å². The van der Waals surface area contributed by atoms with Gasteiger partial charge in [-0.15, -0.1) is 0 Å². The Balaban J connectivity index is 1.89. The van der Waals surface area contributed by atoms with Gasteiger partial charge < -0.3 is 15.2 Å². The van der Waals surface area contributed by atoms with Crippen LogP contribution in [0.3, 0.4) is 0 Å². The quantitative estimate of drug-likeness (QED) is 0.872. The first-order valence-corrected chi connectivity index (χ1v) is 6.92. The number of rotatable bonds is 5. The summed E-state index contributed by atoms with van der Waals surface area (Å²) < 4.78 is 11.2. The van der Waals surface area contributed by atoms with Gasteiger partial charge in [0.2, 0.25) is 0 Å². The maximum Gasteiger partial charge on any atom is 0.119 e. The fourth-order valence-corrected chi connectivity index (χ4v) is 2.26. The summed E-state index contributed by atoms with van der Waals surface area (Å²) in [5, 5.41) is 0. The minimum Gasteiger partial charge on any atom is -0.492 e. The van der Waals surface area contributed by atoms with E-state index in [1.807, 2.05) is 6.07 Å². The summed E-state index contributed by atoms with van der Waals surface area (Å²) in [6, 6.07) is 6.47. The smallest absolute Gasteiger partial charge is 0.119 e. The first kappa shape index (κ1) is 14.3. The van der Waals surface area contributed by atoms with Crippen molar-refractivity contribution in [2.24, 2.45) is 5.73 Å². The highest BCUT2D eigenvalue weighted by Gasteiger charge is 2.20. The van der Waals surface area contributed by atoms with Crippen molar-refractivity contribution >= 4 is 0 Å². The third-order valence-electron chi connectivity index (χ3n) is 3.75. The first-order chi connectivity index (χ1) is 9.20. The summed E-state index contributed by atoms with van der Waals surface area (Å²) in [5.41, 5.74) is 8.40. The van der Waals surface area contributed by atoms with E-state index in [0.29, 0.717) is 13.2 Å². The lowest BCUT2D eigenvalue weighted by atomic mass is 10.1. The predicted molar refractivity (Wildman–Crippen MR) is 76.6 cm³/mol. The van der Waals surface area contributed by atoms with Gasteiger partial charge in [-0.1, -0.05) is 6.07 Å². The summed E-state index contributed by atoms with van der Waals surface area (Å²) in [7, 11) is 0. The van der Waals surface area contributed by atoms with Crippen LogP contribution in [0.2, 0.25) is 0 Å². The molecule has 2 N–H and O–H groups in total. The van der Waals surface area contributed by atoms with E-state index in [-0.39, 0.29) is 6.04 Å². The molecule has 1 heterocycles. The standard InChI is InChI=1S/C15H24N2O2/c1-12-3-4-15(9-13(12)2)19-11-14(10-16)17-5-7-18-8-6-17/h3-4,9,14H,5-8,10-11,16H2,1-2H3. The number of hydrogen-bond donors (Lipinski definition) is 1. The predicted octanol–water partition coefficient (Wildman–Crippen LogP) is 1.34. The number of ether oxygens (including phenoxy) is 2. The van der Waals surface area contributed by atoms with Gasteiger partial charge in [0.15, 0.2) is 0 Å². The number of nitrogens with two attached hydrogens (primary N) is 1. The van der Waals surface area contributed by atoms with Crippen molar-refractivity contribution in [1.82, 2.24) is 4.90 Å². The van der Waals surface area contributed by atoms with Crippen molar-refractivity contribution < 1.29 is 9.47 Å². The van der Waals surface area contributed by atoms with E-state index < -0.39 is 0 Å². The molecule has 1 fully saturated rings. The van der Waals surface area contributed by atoms with Crippen LogP contribution in [-0.2, 0) is 4.74 Å². The second-order valence-electron chi connectivity index (χ2n) is 5.09. The van der Waals surface area contributed by atoms with E-state index in [1.54, 1.807) is 0 Å². The molecular formula is C15H24N2O2. The first-order valence-electron chi connectivity index (χ1n) is 6.92. The normalized spacial score (nSPS) is 18.3. The van der Waals surface area contributed by atoms with Gasteiger partial charge in [-0.3, -0.25) is 4.90 Å². The zero-order valence-electron chi connectivity index (χ0n) is 11.9. The van der Waals surface area contributed by atoms with Crippen molar-refractivity contribution in [2.45, 2.75) is 19.9 Å². The molecule has 1 aliphatic rings. The molecule has 4 nitrogen and oxygen atoms in total. The molecule has 0 aliphatic carbocycles. The molecular weight excluding hydrogens is 240 g/mol. The summed E-state index contributed by atoms with van der Waals surface area (Å²) in [6.45, 7) is 8.93. The highest BCUT2D eigenvalue weighted by molar-refractivity contribution is 5.33. The Hall–Kier alpha value is -1.10. The lowest BCUT2D eigenvalue weighted by molar-refractivity contribution is 0.00823. The minimum absolute atomic E-state index is 0.269.